The van der Waals surface area contributed by atoms with Crippen molar-refractivity contribution in [3.8, 4) is 0 Å². The van der Waals surface area contributed by atoms with Gasteiger partial charge in [-0.2, -0.15) is 0 Å². The van der Waals surface area contributed by atoms with Crippen molar-refractivity contribution in [1.82, 2.24) is 4.90 Å². The molecule has 14 heteroatoms. The molecule has 0 aromatic heterocycles. The van der Waals surface area contributed by atoms with E-state index in [1.165, 1.54) is 26.8 Å². The molecule has 4 rings (SSSR count). The lowest BCUT2D eigenvalue weighted by molar-refractivity contribution is -0.303. The molecule has 1 aromatic rings. The lowest BCUT2D eigenvalue weighted by Crippen LogP contribution is -2.62. The highest BCUT2D eigenvalue weighted by Gasteiger charge is 2.61. The fraction of sp³-hybridized carbons (Fsp3) is 0.700. The summed E-state index contributed by atoms with van der Waals surface area (Å²) in [6.07, 6.45) is -7.55. The predicted octanol–water partition coefficient (Wildman–Crippen LogP) is 5.21. The average Bonchev–Trinajstić information content (AvgIpc) is 3.44. The van der Waals surface area contributed by atoms with Crippen molar-refractivity contribution in [1.29, 1.82) is 0 Å². The number of hydrogen-bond donors (Lipinski definition) is 1. The maximum atomic E-state index is 17.3. The van der Waals surface area contributed by atoms with Crippen LogP contribution in [0.1, 0.15) is 85.0 Å². The van der Waals surface area contributed by atoms with E-state index in [2.05, 4.69) is 6.58 Å². The van der Waals surface area contributed by atoms with E-state index in [1.54, 1.807) is 51.1 Å². The molecule has 3 saturated heterocycles. The minimum Gasteiger partial charge on any atom is -0.458 e. The Hall–Kier alpha value is -3.43. The third-order valence-corrected chi connectivity index (χ3v) is 11.2. The van der Waals surface area contributed by atoms with E-state index in [-0.39, 0.29) is 13.0 Å². The number of alkyl halides is 1. The van der Waals surface area contributed by atoms with Gasteiger partial charge in [-0.05, 0) is 73.7 Å². The molecule has 1 N–H and O–H groups in total. The second-order valence-electron chi connectivity index (χ2n) is 15.9. The third kappa shape index (κ3) is 8.99. The minimum atomic E-state index is -2.64. The van der Waals surface area contributed by atoms with Gasteiger partial charge in [-0.3, -0.25) is 9.59 Å². The number of nitrogens with zero attached hydrogens (tertiary/aromatic N) is 1. The molecule has 54 heavy (non-hydrogen) atoms. The second kappa shape index (κ2) is 17.2. The summed E-state index contributed by atoms with van der Waals surface area (Å²) in [5.41, 5.74) is -5.71. The van der Waals surface area contributed by atoms with Crippen LogP contribution in [0.4, 0.5) is 9.18 Å². The molecule has 0 saturated carbocycles. The first-order chi connectivity index (χ1) is 25.2. The van der Waals surface area contributed by atoms with Gasteiger partial charge in [0.15, 0.2) is 35.6 Å². The van der Waals surface area contributed by atoms with Gasteiger partial charge in [-0.1, -0.05) is 45.0 Å². The van der Waals surface area contributed by atoms with Crippen LogP contribution >= 0.6 is 0 Å². The number of ketones is 1. The average molecular weight is 764 g/mol. The number of ether oxygens (including phenoxy) is 7. The minimum absolute atomic E-state index is 0.115. The maximum absolute atomic E-state index is 17.3. The van der Waals surface area contributed by atoms with E-state index in [9.17, 15) is 24.3 Å². The molecule has 0 aliphatic carbocycles. The van der Waals surface area contributed by atoms with E-state index >= 15 is 4.39 Å². The largest absolute Gasteiger partial charge is 0.509 e. The Morgan fingerprint density at radius 2 is 1.70 bits per heavy atom. The van der Waals surface area contributed by atoms with Crippen LogP contribution < -0.4 is 0 Å². The van der Waals surface area contributed by atoms with Crippen molar-refractivity contribution in [3.63, 3.8) is 0 Å². The number of halogens is 1. The molecule has 13 nitrogen and oxygen atoms in total. The summed E-state index contributed by atoms with van der Waals surface area (Å²) in [4.78, 5) is 56.0. The van der Waals surface area contributed by atoms with Crippen LogP contribution in [0.15, 0.2) is 43.0 Å². The fourth-order valence-electron chi connectivity index (χ4n) is 8.30. The lowest BCUT2D eigenvalue weighted by atomic mass is 9.72. The molecule has 0 spiro atoms. The van der Waals surface area contributed by atoms with Gasteiger partial charge in [-0.25, -0.2) is 14.0 Å². The third-order valence-electron chi connectivity index (χ3n) is 11.2. The summed E-state index contributed by atoms with van der Waals surface area (Å²) < 4.78 is 59.8. The number of carbonyl (C=O) groups is 4. The number of likely N-dealkylation sites (N-methyl/N-ethyl adjacent to an activating group) is 1. The zero-order valence-electron chi connectivity index (χ0n) is 33.1. The van der Waals surface area contributed by atoms with Crippen molar-refractivity contribution >= 4 is 23.9 Å². The Kier molecular flexibility index (Phi) is 13.8. The molecule has 3 heterocycles. The zero-order chi connectivity index (χ0) is 40.3. The Balaban J connectivity index is 1.85. The maximum Gasteiger partial charge on any atom is 0.509 e. The predicted molar refractivity (Wildman–Crippen MR) is 194 cm³/mol. The topological polar surface area (TPSA) is 156 Å². The number of benzene rings is 1. The van der Waals surface area contributed by atoms with Crippen molar-refractivity contribution < 1.29 is 61.8 Å². The number of hydrogen-bond acceptors (Lipinski definition) is 13. The SMILES string of the molecule is C=CCO[C@]1(C)C[C@](C)(F)C(=O)[C@H](C)[C@H]2OC(=O)O[C@]2(C)[C@@H](CC)OC(=O)[C@H](C)[C@@H](O)[C@H](C)[C@H]1O[C@@H]1O[C@H](C)C[C@H](N(C)C)[C@H]1OC(=O)c1ccccc1. The highest BCUT2D eigenvalue weighted by Crippen LogP contribution is 2.44. The number of aliphatic hydroxyl groups is 1. The summed E-state index contributed by atoms with van der Waals surface area (Å²) in [6.45, 7) is 15.8. The number of rotatable bonds is 9. The van der Waals surface area contributed by atoms with Crippen LogP contribution in [-0.2, 0) is 42.7 Å². The second-order valence-corrected chi connectivity index (χ2v) is 15.9. The van der Waals surface area contributed by atoms with Gasteiger partial charge in [0.05, 0.1) is 54.0 Å². The van der Waals surface area contributed by atoms with Crippen LogP contribution in [-0.4, -0.2) is 120 Å². The molecule has 0 unspecified atom stereocenters. The number of esters is 2. The Morgan fingerprint density at radius 3 is 2.30 bits per heavy atom. The van der Waals surface area contributed by atoms with Crippen molar-refractivity contribution in [2.24, 2.45) is 17.8 Å². The Labute approximate surface area is 317 Å². The van der Waals surface area contributed by atoms with Crippen molar-refractivity contribution in [2.75, 3.05) is 20.7 Å². The number of aliphatic hydroxyl groups excluding tert-OH is 1. The monoisotopic (exact) mass is 763 g/mol. The molecule has 0 bridgehead atoms. The summed E-state index contributed by atoms with van der Waals surface area (Å²) in [5, 5.41) is 12.0. The highest BCUT2D eigenvalue weighted by molar-refractivity contribution is 5.90. The van der Waals surface area contributed by atoms with Gasteiger partial charge in [-0.15, -0.1) is 6.58 Å². The number of fused-ring (bicyclic) bond motifs is 1. The van der Waals surface area contributed by atoms with E-state index in [0.29, 0.717) is 12.0 Å². The molecule has 1 aromatic carbocycles. The zero-order valence-corrected chi connectivity index (χ0v) is 33.1. The van der Waals surface area contributed by atoms with E-state index < -0.39 is 114 Å². The van der Waals surface area contributed by atoms with Crippen molar-refractivity contribution in [3.05, 3.63) is 48.6 Å². The normalized spacial score (nSPS) is 40.8. The highest BCUT2D eigenvalue weighted by atomic mass is 19.1. The number of carbonyl (C=O) groups excluding carboxylic acids is 4. The van der Waals surface area contributed by atoms with Crippen LogP contribution in [0.5, 0.6) is 0 Å². The van der Waals surface area contributed by atoms with Crippen LogP contribution in [0, 0.1) is 17.8 Å². The Bertz CT molecular complexity index is 1510. The first-order valence-corrected chi connectivity index (χ1v) is 18.7. The molecular formula is C40H58FNO12. The van der Waals surface area contributed by atoms with Gasteiger partial charge in [0.2, 0.25) is 0 Å². The van der Waals surface area contributed by atoms with E-state index in [0.717, 1.165) is 6.92 Å². The molecular weight excluding hydrogens is 705 g/mol. The smallest absolute Gasteiger partial charge is 0.458 e. The molecule has 0 amide bonds. The standard InChI is InChI=1S/C40H58FNO12/c1-12-19-48-39(8)21-38(7,41)31(44)25(6)33-40(9,54-37(47)53-33)28(13-2)50-34(45)24(5)29(43)23(4)32(39)52-36-30(27(42(10)11)20-22(3)49-36)51-35(46)26-17-15-14-16-18-26/h12,14-18,22-25,27-30,32-33,36,43H,1,13,19-21H2,2-11H3/t22-,23+,24-,25+,27+,28-,29+,30-,32-,33-,36+,38+,39-,40-/m1/s1. The summed E-state index contributed by atoms with van der Waals surface area (Å²) >= 11 is 0. The van der Waals surface area contributed by atoms with Gasteiger partial charge in [0.1, 0.15) is 6.10 Å². The van der Waals surface area contributed by atoms with Gasteiger partial charge >= 0.3 is 18.1 Å². The molecule has 3 aliphatic heterocycles. The van der Waals surface area contributed by atoms with E-state index in [4.69, 9.17) is 33.2 Å². The summed E-state index contributed by atoms with van der Waals surface area (Å²) in [6, 6.07) is 8.04. The number of Topliss-reactive ketones (excluding diaryl/α,β-unsaturated/α-hetero) is 1. The number of cyclic esters (lactones) is 1. The molecule has 0 radical (unpaired) electrons. The van der Waals surface area contributed by atoms with Gasteiger partial charge < -0.3 is 43.2 Å². The van der Waals surface area contributed by atoms with Gasteiger partial charge in [0.25, 0.3) is 0 Å². The molecule has 3 aliphatic rings. The van der Waals surface area contributed by atoms with Crippen LogP contribution in [0.3, 0.4) is 0 Å². The van der Waals surface area contributed by atoms with E-state index in [1.807, 2.05) is 25.9 Å². The fourth-order valence-corrected chi connectivity index (χ4v) is 8.30. The molecule has 302 valence electrons. The first kappa shape index (κ1) is 43.3. The lowest BCUT2D eigenvalue weighted by Gasteiger charge is -2.49. The Morgan fingerprint density at radius 1 is 1.06 bits per heavy atom. The van der Waals surface area contributed by atoms with Crippen LogP contribution in [0.25, 0.3) is 0 Å². The first-order valence-electron chi connectivity index (χ1n) is 18.7. The van der Waals surface area contributed by atoms with Gasteiger partial charge in [0, 0.05) is 12.3 Å². The summed E-state index contributed by atoms with van der Waals surface area (Å²) in [7, 11) is 3.67. The quantitative estimate of drug-likeness (QED) is 0.199. The molecule has 14 atom stereocenters. The molecule has 3 fully saturated rings. The summed E-state index contributed by atoms with van der Waals surface area (Å²) in [5.74, 6) is -5.82. The van der Waals surface area contributed by atoms with Crippen LogP contribution in [0.2, 0.25) is 0 Å². The van der Waals surface area contributed by atoms with Crippen molar-refractivity contribution in [2.45, 2.75) is 140 Å².